The van der Waals surface area contributed by atoms with Gasteiger partial charge in [-0.3, -0.25) is 4.79 Å². The van der Waals surface area contributed by atoms with Crippen LogP contribution < -0.4 is 10.1 Å². The maximum absolute atomic E-state index is 12.3. The van der Waals surface area contributed by atoms with Crippen molar-refractivity contribution in [3.05, 3.63) is 41.3 Å². The Kier molecular flexibility index (Phi) is 10.5. The standard InChI is InChI=1S/C25H30F3N3O3S2/c1-3-5-7-17(4-2)16-33-21(32)9-6-8-18-14-15-35-22(18)23-30-31-24(36-23)29-19-10-12-20(13-11-19)34-25(26,27)28/h10-15,17H,3-9,16H2,1-2H3,(H,29,31). The van der Waals surface area contributed by atoms with Crippen LogP contribution in [0.5, 0.6) is 5.75 Å². The minimum Gasteiger partial charge on any atom is -0.465 e. The van der Waals surface area contributed by atoms with E-state index in [0.717, 1.165) is 47.6 Å². The van der Waals surface area contributed by atoms with Gasteiger partial charge in [0.15, 0.2) is 5.01 Å². The van der Waals surface area contributed by atoms with Crippen molar-refractivity contribution in [1.82, 2.24) is 10.2 Å². The van der Waals surface area contributed by atoms with Crippen molar-refractivity contribution in [2.45, 2.75) is 65.2 Å². The molecule has 36 heavy (non-hydrogen) atoms. The Balaban J connectivity index is 1.49. The van der Waals surface area contributed by atoms with Crippen LogP contribution >= 0.6 is 22.7 Å². The average molecular weight is 542 g/mol. The van der Waals surface area contributed by atoms with Gasteiger partial charge in [-0.05, 0) is 66.5 Å². The number of carbonyl (C=O) groups excluding carboxylic acids is 1. The van der Waals surface area contributed by atoms with E-state index in [1.54, 1.807) is 11.3 Å². The monoisotopic (exact) mass is 541 g/mol. The second-order valence-electron chi connectivity index (χ2n) is 8.34. The van der Waals surface area contributed by atoms with Crippen LogP contribution in [0.15, 0.2) is 35.7 Å². The number of aromatic nitrogens is 2. The van der Waals surface area contributed by atoms with Crippen LogP contribution in [-0.4, -0.2) is 29.1 Å². The van der Waals surface area contributed by atoms with E-state index < -0.39 is 6.36 Å². The normalized spacial score (nSPS) is 12.4. The number of esters is 1. The summed E-state index contributed by atoms with van der Waals surface area (Å²) in [5.74, 6) is -0.0145. The highest BCUT2D eigenvalue weighted by atomic mass is 32.1. The molecule has 11 heteroatoms. The lowest BCUT2D eigenvalue weighted by Crippen LogP contribution is -2.16. The van der Waals surface area contributed by atoms with Crippen LogP contribution in [0, 0.1) is 5.92 Å². The third kappa shape index (κ3) is 9.09. The van der Waals surface area contributed by atoms with Gasteiger partial charge in [0.25, 0.3) is 0 Å². The number of anilines is 2. The summed E-state index contributed by atoms with van der Waals surface area (Å²) in [6.07, 6.45) is 1.47. The minimum atomic E-state index is -4.73. The Morgan fingerprint density at radius 1 is 1.11 bits per heavy atom. The number of benzene rings is 1. The van der Waals surface area contributed by atoms with Crippen molar-refractivity contribution in [2.75, 3.05) is 11.9 Å². The summed E-state index contributed by atoms with van der Waals surface area (Å²) in [6, 6.07) is 7.44. The van der Waals surface area contributed by atoms with E-state index in [0.29, 0.717) is 36.2 Å². The van der Waals surface area contributed by atoms with Crippen LogP contribution in [0.2, 0.25) is 0 Å². The zero-order chi connectivity index (χ0) is 26.0. The Bertz CT molecular complexity index is 1080. The van der Waals surface area contributed by atoms with Crippen molar-refractivity contribution in [2.24, 2.45) is 5.92 Å². The number of nitrogens with zero attached hydrogens (tertiary/aromatic N) is 2. The van der Waals surface area contributed by atoms with Crippen molar-refractivity contribution in [3.8, 4) is 15.6 Å². The minimum absolute atomic E-state index is 0.157. The first-order valence-electron chi connectivity index (χ1n) is 12.0. The molecule has 0 spiro atoms. The average Bonchev–Trinajstić information content (AvgIpc) is 3.49. The topological polar surface area (TPSA) is 73.3 Å². The predicted octanol–water partition coefficient (Wildman–Crippen LogP) is 7.99. The van der Waals surface area contributed by atoms with E-state index in [9.17, 15) is 18.0 Å². The van der Waals surface area contributed by atoms with Crippen LogP contribution in [0.4, 0.5) is 24.0 Å². The number of halogens is 3. The highest BCUT2D eigenvalue weighted by Gasteiger charge is 2.31. The molecule has 0 saturated heterocycles. The summed E-state index contributed by atoms with van der Waals surface area (Å²) in [4.78, 5) is 13.2. The van der Waals surface area contributed by atoms with E-state index in [1.807, 2.05) is 11.4 Å². The summed E-state index contributed by atoms with van der Waals surface area (Å²) in [6.45, 7) is 4.79. The SMILES string of the molecule is CCCCC(CC)COC(=O)CCCc1ccsc1-c1nnc(Nc2ccc(OC(F)(F)F)cc2)s1. The maximum Gasteiger partial charge on any atom is 0.573 e. The van der Waals surface area contributed by atoms with Crippen molar-refractivity contribution in [1.29, 1.82) is 0 Å². The number of unbranched alkanes of at least 4 members (excludes halogenated alkanes) is 1. The van der Waals surface area contributed by atoms with Crippen LogP contribution in [-0.2, 0) is 16.0 Å². The first kappa shape index (κ1) is 27.9. The first-order chi connectivity index (χ1) is 17.3. The first-order valence-corrected chi connectivity index (χ1v) is 13.7. The van der Waals surface area contributed by atoms with Gasteiger partial charge in [-0.2, -0.15) is 0 Å². The van der Waals surface area contributed by atoms with Crippen molar-refractivity contribution < 1.29 is 27.4 Å². The fourth-order valence-electron chi connectivity index (χ4n) is 3.55. The molecule has 6 nitrogen and oxygen atoms in total. The van der Waals surface area contributed by atoms with Crippen LogP contribution in [0.3, 0.4) is 0 Å². The van der Waals surface area contributed by atoms with Gasteiger partial charge in [0.05, 0.1) is 11.5 Å². The molecule has 0 aliphatic rings. The molecule has 2 aromatic heterocycles. The molecule has 0 amide bonds. The number of hydrogen-bond acceptors (Lipinski definition) is 8. The molecule has 0 saturated carbocycles. The highest BCUT2D eigenvalue weighted by Crippen LogP contribution is 2.35. The molecule has 1 N–H and O–H groups in total. The summed E-state index contributed by atoms with van der Waals surface area (Å²) in [5, 5.41) is 14.7. The molecule has 0 aliphatic carbocycles. The second-order valence-corrected chi connectivity index (χ2v) is 10.2. The number of ether oxygens (including phenoxy) is 2. The van der Waals surface area contributed by atoms with E-state index in [1.165, 1.54) is 35.6 Å². The molecule has 1 unspecified atom stereocenters. The lowest BCUT2D eigenvalue weighted by Gasteiger charge is -2.14. The van der Waals surface area contributed by atoms with Gasteiger partial charge in [-0.1, -0.05) is 44.4 Å². The smallest absolute Gasteiger partial charge is 0.465 e. The van der Waals surface area contributed by atoms with Gasteiger partial charge < -0.3 is 14.8 Å². The van der Waals surface area contributed by atoms with Gasteiger partial charge in [0.2, 0.25) is 5.13 Å². The van der Waals surface area contributed by atoms with Crippen molar-refractivity contribution in [3.63, 3.8) is 0 Å². The molecule has 3 aromatic rings. The summed E-state index contributed by atoms with van der Waals surface area (Å²) < 4.78 is 46.3. The fourth-order valence-corrected chi connectivity index (χ4v) is 5.39. The Hall–Kier alpha value is -2.66. The van der Waals surface area contributed by atoms with E-state index in [4.69, 9.17) is 4.74 Å². The fraction of sp³-hybridized carbons (Fsp3) is 0.480. The van der Waals surface area contributed by atoms with E-state index in [-0.39, 0.29) is 11.7 Å². The number of nitrogens with one attached hydrogen (secondary N) is 1. The highest BCUT2D eigenvalue weighted by molar-refractivity contribution is 7.23. The zero-order valence-electron chi connectivity index (χ0n) is 20.3. The van der Waals surface area contributed by atoms with Crippen molar-refractivity contribution >= 4 is 39.5 Å². The molecule has 2 heterocycles. The molecule has 0 bridgehead atoms. The molecule has 0 radical (unpaired) electrons. The molecular formula is C25H30F3N3O3S2. The van der Waals surface area contributed by atoms with Gasteiger partial charge in [0, 0.05) is 12.1 Å². The van der Waals surface area contributed by atoms with Gasteiger partial charge >= 0.3 is 12.3 Å². The molecule has 0 fully saturated rings. The number of hydrogen-bond donors (Lipinski definition) is 1. The Morgan fingerprint density at radius 2 is 1.89 bits per heavy atom. The van der Waals surface area contributed by atoms with E-state index >= 15 is 0 Å². The van der Waals surface area contributed by atoms with Crippen LogP contribution in [0.25, 0.3) is 9.88 Å². The lowest BCUT2D eigenvalue weighted by atomic mass is 10.0. The molecule has 1 aromatic carbocycles. The molecule has 0 aliphatic heterocycles. The Morgan fingerprint density at radius 3 is 2.58 bits per heavy atom. The predicted molar refractivity (Wildman–Crippen MR) is 137 cm³/mol. The maximum atomic E-state index is 12.3. The second kappa shape index (κ2) is 13.6. The number of carbonyl (C=O) groups is 1. The van der Waals surface area contributed by atoms with Crippen LogP contribution in [0.1, 0.15) is 57.9 Å². The third-order valence-electron chi connectivity index (χ3n) is 5.56. The lowest BCUT2D eigenvalue weighted by molar-refractivity contribution is -0.274. The number of alkyl halides is 3. The van der Waals surface area contributed by atoms with Gasteiger partial charge in [0.1, 0.15) is 5.75 Å². The molecule has 196 valence electrons. The number of thiophene rings is 1. The molecule has 3 rings (SSSR count). The van der Waals surface area contributed by atoms with Gasteiger partial charge in [-0.25, -0.2) is 0 Å². The number of aryl methyl sites for hydroxylation is 1. The Labute approximate surface area is 216 Å². The largest absolute Gasteiger partial charge is 0.573 e. The van der Waals surface area contributed by atoms with Gasteiger partial charge in [-0.15, -0.1) is 34.7 Å². The third-order valence-corrected chi connectivity index (χ3v) is 7.50. The summed E-state index contributed by atoms with van der Waals surface area (Å²) in [7, 11) is 0. The zero-order valence-corrected chi connectivity index (χ0v) is 21.9. The number of rotatable bonds is 14. The molecular weight excluding hydrogens is 511 g/mol. The molecule has 1 atom stereocenters. The van der Waals surface area contributed by atoms with E-state index in [2.05, 4.69) is 34.1 Å². The summed E-state index contributed by atoms with van der Waals surface area (Å²) in [5.41, 5.74) is 1.66. The summed E-state index contributed by atoms with van der Waals surface area (Å²) >= 11 is 2.90. The quantitative estimate of drug-likeness (QED) is 0.209.